The van der Waals surface area contributed by atoms with E-state index in [0.29, 0.717) is 37.3 Å². The lowest BCUT2D eigenvalue weighted by atomic mass is 9.81. The first-order valence-electron chi connectivity index (χ1n) is 9.89. The molecule has 3 fully saturated rings. The van der Waals surface area contributed by atoms with Crippen LogP contribution in [0.3, 0.4) is 0 Å². The molecule has 5 nitrogen and oxygen atoms in total. The minimum Gasteiger partial charge on any atom is -0.481 e. The predicted octanol–water partition coefficient (Wildman–Crippen LogP) is 2.67. The molecule has 4 rings (SSSR count). The van der Waals surface area contributed by atoms with Gasteiger partial charge < -0.3 is 10.0 Å². The summed E-state index contributed by atoms with van der Waals surface area (Å²) in [6.07, 6.45) is 4.04. The molecule has 1 N–H and O–H groups in total. The molecule has 2 heterocycles. The Labute approximate surface area is 159 Å². The number of hydrogen-bond donors (Lipinski definition) is 1. The Kier molecular flexibility index (Phi) is 4.70. The second-order valence-electron chi connectivity index (χ2n) is 8.58. The number of likely N-dealkylation sites (tertiary alicyclic amines) is 2. The van der Waals surface area contributed by atoms with E-state index in [1.54, 1.807) is 24.0 Å². The number of carbonyl (C=O) groups is 2. The lowest BCUT2D eigenvalue weighted by molar-refractivity contribution is -0.149. The van der Waals surface area contributed by atoms with Crippen molar-refractivity contribution in [3.05, 3.63) is 35.1 Å². The molecule has 27 heavy (non-hydrogen) atoms. The third-order valence-corrected chi connectivity index (χ3v) is 6.79. The summed E-state index contributed by atoms with van der Waals surface area (Å²) in [6, 6.07) is 5.34. The van der Waals surface area contributed by atoms with Crippen LogP contribution in [0.25, 0.3) is 0 Å². The third-order valence-electron chi connectivity index (χ3n) is 6.79. The molecule has 146 valence electrons. The molecule has 1 aromatic rings. The summed E-state index contributed by atoms with van der Waals surface area (Å²) in [4.78, 5) is 28.8. The summed E-state index contributed by atoms with van der Waals surface area (Å²) >= 11 is 0. The van der Waals surface area contributed by atoms with Gasteiger partial charge in [0.1, 0.15) is 11.2 Å². The molecule has 1 saturated carbocycles. The Morgan fingerprint density at radius 1 is 1.22 bits per heavy atom. The smallest absolute Gasteiger partial charge is 0.313 e. The summed E-state index contributed by atoms with van der Waals surface area (Å²) in [5, 5.41) is 9.98. The molecule has 6 heteroatoms. The number of carbonyl (C=O) groups excluding carboxylic acids is 1. The van der Waals surface area contributed by atoms with Crippen molar-refractivity contribution in [2.75, 3.05) is 26.2 Å². The maximum Gasteiger partial charge on any atom is 0.313 e. The molecule has 1 amide bonds. The average molecular weight is 374 g/mol. The predicted molar refractivity (Wildman–Crippen MR) is 98.5 cm³/mol. The monoisotopic (exact) mass is 374 g/mol. The highest BCUT2D eigenvalue weighted by Gasteiger charge is 2.58. The van der Waals surface area contributed by atoms with E-state index >= 15 is 0 Å². The quantitative estimate of drug-likeness (QED) is 0.880. The van der Waals surface area contributed by atoms with E-state index in [9.17, 15) is 19.1 Å². The molecule has 0 aromatic heterocycles. The van der Waals surface area contributed by atoms with Crippen LogP contribution in [0, 0.1) is 30.0 Å². The van der Waals surface area contributed by atoms with Gasteiger partial charge in [-0.05, 0) is 25.3 Å². The van der Waals surface area contributed by atoms with Gasteiger partial charge in [0.25, 0.3) is 0 Å². The first kappa shape index (κ1) is 18.4. The van der Waals surface area contributed by atoms with E-state index in [4.69, 9.17) is 0 Å². The summed E-state index contributed by atoms with van der Waals surface area (Å²) in [5.74, 6) is -0.919. The number of amides is 1. The van der Waals surface area contributed by atoms with E-state index in [1.807, 2.05) is 11.0 Å². The fourth-order valence-corrected chi connectivity index (χ4v) is 5.26. The Balaban J connectivity index is 1.48. The minimum absolute atomic E-state index is 0.0761. The van der Waals surface area contributed by atoms with Crippen LogP contribution in [0.4, 0.5) is 4.39 Å². The van der Waals surface area contributed by atoms with E-state index in [2.05, 4.69) is 0 Å². The van der Waals surface area contributed by atoms with Gasteiger partial charge in [-0.25, -0.2) is 4.39 Å². The topological polar surface area (TPSA) is 60.9 Å². The zero-order chi connectivity index (χ0) is 19.2. The number of rotatable bonds is 4. The third kappa shape index (κ3) is 3.14. The van der Waals surface area contributed by atoms with Gasteiger partial charge in [-0.2, -0.15) is 0 Å². The maximum atomic E-state index is 14.3. The van der Waals surface area contributed by atoms with Crippen molar-refractivity contribution in [1.82, 2.24) is 9.80 Å². The van der Waals surface area contributed by atoms with Crippen LogP contribution in [-0.2, 0) is 16.1 Å². The number of benzene rings is 1. The van der Waals surface area contributed by atoms with Crippen molar-refractivity contribution < 1.29 is 19.1 Å². The van der Waals surface area contributed by atoms with Gasteiger partial charge >= 0.3 is 5.97 Å². The van der Waals surface area contributed by atoms with Gasteiger partial charge in [0.05, 0.1) is 0 Å². The lowest BCUT2D eigenvalue weighted by Crippen LogP contribution is -2.43. The van der Waals surface area contributed by atoms with E-state index in [1.165, 1.54) is 0 Å². The standard InChI is InChI=1S/C21H27FN2O3/c1-14-5-4-8-16(18(14)22)9-23-10-17-11-24(13-21(17,12-23)20(26)27)19(25)15-6-2-3-7-15/h4-5,8,15,17H,2-3,6-7,9-13H2,1H3,(H,26,27)/t17-,21-/m0/s1. The number of aryl methyl sites for hydroxylation is 1. The summed E-state index contributed by atoms with van der Waals surface area (Å²) in [6.45, 7) is 3.91. The van der Waals surface area contributed by atoms with Crippen LogP contribution in [0.1, 0.15) is 36.8 Å². The van der Waals surface area contributed by atoms with Gasteiger partial charge in [0.2, 0.25) is 5.91 Å². The highest BCUT2D eigenvalue weighted by Crippen LogP contribution is 2.44. The molecule has 0 unspecified atom stereocenters. The first-order valence-corrected chi connectivity index (χ1v) is 9.89. The van der Waals surface area contributed by atoms with Crippen molar-refractivity contribution in [3.8, 4) is 0 Å². The van der Waals surface area contributed by atoms with Crippen LogP contribution in [0.2, 0.25) is 0 Å². The maximum absolute atomic E-state index is 14.3. The van der Waals surface area contributed by atoms with Gasteiger partial charge in [-0.1, -0.05) is 31.0 Å². The number of halogens is 1. The van der Waals surface area contributed by atoms with Crippen LogP contribution < -0.4 is 0 Å². The number of nitrogens with zero attached hydrogens (tertiary/aromatic N) is 2. The number of fused-ring (bicyclic) bond motifs is 1. The van der Waals surface area contributed by atoms with E-state index in [-0.39, 0.29) is 30.1 Å². The normalized spacial score (nSPS) is 28.7. The van der Waals surface area contributed by atoms with Crippen molar-refractivity contribution in [2.24, 2.45) is 17.3 Å². The van der Waals surface area contributed by atoms with Crippen molar-refractivity contribution in [3.63, 3.8) is 0 Å². The molecule has 3 aliphatic rings. The van der Waals surface area contributed by atoms with Crippen molar-refractivity contribution in [2.45, 2.75) is 39.2 Å². The molecule has 2 aliphatic heterocycles. The zero-order valence-electron chi connectivity index (χ0n) is 15.8. The van der Waals surface area contributed by atoms with Gasteiger partial charge in [-0.3, -0.25) is 14.5 Å². The van der Waals surface area contributed by atoms with Crippen LogP contribution in [0.15, 0.2) is 18.2 Å². The number of carboxylic acids is 1. The Hall–Kier alpha value is -1.95. The molecule has 0 radical (unpaired) electrons. The fraction of sp³-hybridized carbons (Fsp3) is 0.619. The Morgan fingerprint density at radius 3 is 2.63 bits per heavy atom. The van der Waals surface area contributed by atoms with Crippen LogP contribution in [0.5, 0.6) is 0 Å². The number of aliphatic carboxylic acids is 1. The summed E-state index contributed by atoms with van der Waals surface area (Å²) in [5.41, 5.74) is 0.289. The summed E-state index contributed by atoms with van der Waals surface area (Å²) in [7, 11) is 0. The molecule has 0 bridgehead atoms. The highest BCUT2D eigenvalue weighted by molar-refractivity contribution is 5.83. The van der Waals surface area contributed by atoms with Gasteiger partial charge in [0, 0.05) is 50.1 Å². The minimum atomic E-state index is -0.922. The molecular weight excluding hydrogens is 347 g/mol. The van der Waals surface area contributed by atoms with Crippen molar-refractivity contribution in [1.29, 1.82) is 0 Å². The van der Waals surface area contributed by atoms with Crippen LogP contribution >= 0.6 is 0 Å². The van der Waals surface area contributed by atoms with E-state index in [0.717, 1.165) is 25.7 Å². The van der Waals surface area contributed by atoms with Gasteiger partial charge in [0.15, 0.2) is 0 Å². The molecule has 0 spiro atoms. The number of hydrogen-bond acceptors (Lipinski definition) is 3. The summed E-state index contributed by atoms with van der Waals surface area (Å²) < 4.78 is 14.3. The largest absolute Gasteiger partial charge is 0.481 e. The Bertz CT molecular complexity index is 762. The zero-order valence-corrected chi connectivity index (χ0v) is 15.8. The average Bonchev–Trinajstić information content (AvgIpc) is 3.33. The fourth-order valence-electron chi connectivity index (χ4n) is 5.26. The second kappa shape index (κ2) is 6.89. The highest BCUT2D eigenvalue weighted by atomic mass is 19.1. The van der Waals surface area contributed by atoms with E-state index < -0.39 is 11.4 Å². The Morgan fingerprint density at radius 2 is 1.96 bits per heavy atom. The van der Waals surface area contributed by atoms with Crippen LogP contribution in [-0.4, -0.2) is 53.0 Å². The SMILES string of the molecule is Cc1cccc(CN2C[C@H]3CN(C(=O)C4CCCC4)C[C@@]3(C(=O)O)C2)c1F. The lowest BCUT2D eigenvalue weighted by Gasteiger charge is -2.27. The molecule has 2 saturated heterocycles. The van der Waals surface area contributed by atoms with Gasteiger partial charge in [-0.15, -0.1) is 0 Å². The molecule has 2 atom stereocenters. The first-order chi connectivity index (χ1) is 12.9. The molecule has 1 aliphatic carbocycles. The molecular formula is C21H27FN2O3. The second-order valence-corrected chi connectivity index (χ2v) is 8.58. The molecule has 1 aromatic carbocycles. The van der Waals surface area contributed by atoms with Crippen molar-refractivity contribution >= 4 is 11.9 Å². The number of carboxylic acid groups (broad SMARTS) is 1.